The third-order valence-corrected chi connectivity index (χ3v) is 3.87. The van der Waals surface area contributed by atoms with Gasteiger partial charge in [0.15, 0.2) is 11.6 Å². The molecule has 0 spiro atoms. The molecular weight excluding hydrogens is 284 g/mol. The Labute approximate surface area is 116 Å². The monoisotopic (exact) mass is 291 g/mol. The van der Waals surface area contributed by atoms with Gasteiger partial charge in [-0.05, 0) is 30.3 Å². The molecule has 100 valence electrons. The third kappa shape index (κ3) is 2.04. The standard InChI is InChI=1S/C14H7F2NO2S/c15-9-3-1-2-8(12(9)16)13-17-10-5-4-7(14(18)19)6-11(10)20-13/h1-6H,(H,18,19). The van der Waals surface area contributed by atoms with Gasteiger partial charge in [0, 0.05) is 5.56 Å². The molecule has 0 aliphatic carbocycles. The van der Waals surface area contributed by atoms with Crippen LogP contribution in [0.5, 0.6) is 0 Å². The number of thiazole rings is 1. The van der Waals surface area contributed by atoms with E-state index >= 15 is 0 Å². The lowest BCUT2D eigenvalue weighted by Gasteiger charge is -1.98. The van der Waals surface area contributed by atoms with Crippen molar-refractivity contribution in [1.29, 1.82) is 0 Å². The number of hydrogen-bond donors (Lipinski definition) is 1. The van der Waals surface area contributed by atoms with E-state index < -0.39 is 17.6 Å². The van der Waals surface area contributed by atoms with Gasteiger partial charge >= 0.3 is 5.97 Å². The Morgan fingerprint density at radius 1 is 1.20 bits per heavy atom. The summed E-state index contributed by atoms with van der Waals surface area (Å²) in [5.41, 5.74) is 0.758. The van der Waals surface area contributed by atoms with E-state index in [4.69, 9.17) is 5.11 Å². The minimum Gasteiger partial charge on any atom is -0.478 e. The van der Waals surface area contributed by atoms with Crippen LogP contribution in [0.4, 0.5) is 8.78 Å². The van der Waals surface area contributed by atoms with Crippen molar-refractivity contribution in [1.82, 2.24) is 4.98 Å². The summed E-state index contributed by atoms with van der Waals surface area (Å²) in [4.78, 5) is 15.1. The highest BCUT2D eigenvalue weighted by Gasteiger charge is 2.14. The highest BCUT2D eigenvalue weighted by atomic mass is 32.1. The fourth-order valence-electron chi connectivity index (χ4n) is 1.84. The van der Waals surface area contributed by atoms with Gasteiger partial charge < -0.3 is 5.11 Å². The van der Waals surface area contributed by atoms with E-state index in [-0.39, 0.29) is 11.1 Å². The van der Waals surface area contributed by atoms with Crippen LogP contribution in [0.25, 0.3) is 20.8 Å². The molecule has 0 radical (unpaired) electrons. The molecule has 0 fully saturated rings. The number of aromatic nitrogens is 1. The largest absolute Gasteiger partial charge is 0.478 e. The first-order valence-corrected chi connectivity index (χ1v) is 6.46. The Balaban J connectivity index is 2.18. The maximum atomic E-state index is 13.7. The summed E-state index contributed by atoms with van der Waals surface area (Å²) in [6.45, 7) is 0. The summed E-state index contributed by atoms with van der Waals surface area (Å²) in [7, 11) is 0. The Morgan fingerprint density at radius 2 is 2.00 bits per heavy atom. The van der Waals surface area contributed by atoms with Crippen LogP contribution in [0, 0.1) is 11.6 Å². The molecule has 0 aliphatic rings. The molecule has 0 amide bonds. The van der Waals surface area contributed by atoms with Crippen molar-refractivity contribution in [2.75, 3.05) is 0 Å². The quantitative estimate of drug-likeness (QED) is 0.778. The second kappa shape index (κ2) is 4.64. The summed E-state index contributed by atoms with van der Waals surface area (Å²) >= 11 is 1.12. The van der Waals surface area contributed by atoms with Gasteiger partial charge in [0.1, 0.15) is 5.01 Å². The fourth-order valence-corrected chi connectivity index (χ4v) is 2.87. The van der Waals surface area contributed by atoms with E-state index in [2.05, 4.69) is 4.98 Å². The zero-order chi connectivity index (χ0) is 14.3. The first kappa shape index (κ1) is 12.7. The highest BCUT2D eigenvalue weighted by molar-refractivity contribution is 7.21. The lowest BCUT2D eigenvalue weighted by Crippen LogP contribution is -1.94. The number of aromatic carboxylic acids is 1. The molecule has 3 nitrogen and oxygen atoms in total. The van der Waals surface area contributed by atoms with Gasteiger partial charge in [-0.2, -0.15) is 0 Å². The Hall–Kier alpha value is -2.34. The number of carboxylic acid groups (broad SMARTS) is 1. The molecule has 6 heteroatoms. The Morgan fingerprint density at radius 3 is 2.75 bits per heavy atom. The summed E-state index contributed by atoms with van der Waals surface area (Å²) in [5.74, 6) is -2.93. The van der Waals surface area contributed by atoms with Gasteiger partial charge in [-0.25, -0.2) is 18.6 Å². The number of halogens is 2. The molecule has 0 bridgehead atoms. The molecule has 2 aromatic carbocycles. The number of nitrogens with zero attached hydrogens (tertiary/aromatic N) is 1. The number of carbonyl (C=O) groups is 1. The molecule has 0 saturated heterocycles. The SMILES string of the molecule is O=C(O)c1ccc2nc(-c3cccc(F)c3F)sc2c1. The molecule has 3 aromatic rings. The maximum Gasteiger partial charge on any atom is 0.335 e. The topological polar surface area (TPSA) is 50.2 Å². The van der Waals surface area contributed by atoms with Crippen LogP contribution >= 0.6 is 11.3 Å². The lowest BCUT2D eigenvalue weighted by molar-refractivity contribution is 0.0697. The van der Waals surface area contributed by atoms with Crippen molar-refractivity contribution < 1.29 is 18.7 Å². The van der Waals surface area contributed by atoms with Gasteiger partial charge in [-0.3, -0.25) is 0 Å². The van der Waals surface area contributed by atoms with E-state index in [1.807, 2.05) is 0 Å². The van der Waals surface area contributed by atoms with Crippen molar-refractivity contribution in [2.45, 2.75) is 0 Å². The zero-order valence-electron chi connectivity index (χ0n) is 9.93. The summed E-state index contributed by atoms with van der Waals surface area (Å²) in [5, 5.41) is 9.24. The molecule has 1 aromatic heterocycles. The van der Waals surface area contributed by atoms with Crippen LogP contribution in [0.15, 0.2) is 36.4 Å². The summed E-state index contributed by atoms with van der Waals surface area (Å²) in [6.07, 6.45) is 0. The van der Waals surface area contributed by atoms with Crippen LogP contribution < -0.4 is 0 Å². The predicted octanol–water partition coefficient (Wildman–Crippen LogP) is 3.94. The van der Waals surface area contributed by atoms with Crippen molar-refractivity contribution in [3.8, 4) is 10.6 Å². The predicted molar refractivity (Wildman–Crippen MR) is 71.9 cm³/mol. The van der Waals surface area contributed by atoms with Crippen molar-refractivity contribution in [2.24, 2.45) is 0 Å². The van der Waals surface area contributed by atoms with E-state index in [1.54, 1.807) is 6.07 Å². The van der Waals surface area contributed by atoms with Crippen molar-refractivity contribution >= 4 is 27.5 Å². The van der Waals surface area contributed by atoms with E-state index in [0.29, 0.717) is 15.2 Å². The van der Waals surface area contributed by atoms with E-state index in [9.17, 15) is 13.6 Å². The molecule has 0 aliphatic heterocycles. The van der Waals surface area contributed by atoms with Crippen molar-refractivity contribution in [3.05, 3.63) is 53.6 Å². The Kier molecular flexibility index (Phi) is 2.94. The van der Waals surface area contributed by atoms with E-state index in [1.165, 1.54) is 24.3 Å². The second-order valence-electron chi connectivity index (χ2n) is 4.11. The van der Waals surface area contributed by atoms with Gasteiger partial charge in [0.25, 0.3) is 0 Å². The van der Waals surface area contributed by atoms with Gasteiger partial charge in [-0.15, -0.1) is 11.3 Å². The molecule has 3 rings (SSSR count). The number of hydrogen-bond acceptors (Lipinski definition) is 3. The highest BCUT2D eigenvalue weighted by Crippen LogP contribution is 2.32. The molecule has 0 atom stereocenters. The third-order valence-electron chi connectivity index (χ3n) is 2.82. The molecule has 20 heavy (non-hydrogen) atoms. The number of rotatable bonds is 2. The average molecular weight is 291 g/mol. The van der Waals surface area contributed by atoms with Gasteiger partial charge in [-0.1, -0.05) is 6.07 Å². The number of benzene rings is 2. The van der Waals surface area contributed by atoms with Gasteiger partial charge in [0.2, 0.25) is 0 Å². The van der Waals surface area contributed by atoms with Crippen LogP contribution in [-0.4, -0.2) is 16.1 Å². The van der Waals surface area contributed by atoms with Crippen LogP contribution in [0.1, 0.15) is 10.4 Å². The molecule has 0 unspecified atom stereocenters. The average Bonchev–Trinajstić information content (AvgIpc) is 2.84. The smallest absolute Gasteiger partial charge is 0.335 e. The van der Waals surface area contributed by atoms with E-state index in [0.717, 1.165) is 17.4 Å². The minimum absolute atomic E-state index is 0.0723. The minimum atomic E-state index is -1.04. The zero-order valence-corrected chi connectivity index (χ0v) is 10.7. The fraction of sp³-hybridized carbons (Fsp3) is 0. The van der Waals surface area contributed by atoms with Crippen LogP contribution in [0.3, 0.4) is 0 Å². The first-order chi connectivity index (χ1) is 9.56. The normalized spacial score (nSPS) is 10.9. The molecule has 1 heterocycles. The second-order valence-corrected chi connectivity index (χ2v) is 5.14. The number of carboxylic acids is 1. The molecular formula is C14H7F2NO2S. The molecule has 0 saturated carbocycles. The number of fused-ring (bicyclic) bond motifs is 1. The molecule has 1 N–H and O–H groups in total. The summed E-state index contributed by atoms with van der Waals surface area (Å²) < 4.78 is 27.5. The maximum absolute atomic E-state index is 13.7. The summed E-state index contributed by atoms with van der Waals surface area (Å²) in [6, 6.07) is 8.33. The van der Waals surface area contributed by atoms with Crippen LogP contribution in [0.2, 0.25) is 0 Å². The first-order valence-electron chi connectivity index (χ1n) is 5.64. The van der Waals surface area contributed by atoms with Crippen LogP contribution in [-0.2, 0) is 0 Å². The van der Waals surface area contributed by atoms with Crippen molar-refractivity contribution in [3.63, 3.8) is 0 Å². The lowest BCUT2D eigenvalue weighted by atomic mass is 10.2. The van der Waals surface area contributed by atoms with Gasteiger partial charge in [0.05, 0.1) is 15.8 Å². The Bertz CT molecular complexity index is 829.